The van der Waals surface area contributed by atoms with Gasteiger partial charge in [-0.15, -0.1) is 0 Å². The summed E-state index contributed by atoms with van der Waals surface area (Å²) in [7, 11) is 0. The molecule has 2 rings (SSSR count). The average Bonchev–Trinajstić information content (AvgIpc) is 2.66. The SMILES string of the molecule is CC(NC1CC(N)C1)C(=O)N1CCCC1. The number of nitrogens with two attached hydrogens (primary N) is 1. The molecule has 0 spiro atoms. The van der Waals surface area contributed by atoms with Crippen molar-refractivity contribution in [3.63, 3.8) is 0 Å². The van der Waals surface area contributed by atoms with Gasteiger partial charge in [-0.2, -0.15) is 0 Å². The van der Waals surface area contributed by atoms with Crippen LogP contribution in [0.5, 0.6) is 0 Å². The van der Waals surface area contributed by atoms with Gasteiger partial charge in [0, 0.05) is 25.2 Å². The van der Waals surface area contributed by atoms with E-state index in [1.54, 1.807) is 0 Å². The fourth-order valence-electron chi connectivity index (χ4n) is 2.43. The minimum Gasteiger partial charge on any atom is -0.341 e. The van der Waals surface area contributed by atoms with Crippen LogP contribution in [0.1, 0.15) is 32.6 Å². The van der Waals surface area contributed by atoms with Crippen LogP contribution in [0.25, 0.3) is 0 Å². The summed E-state index contributed by atoms with van der Waals surface area (Å²) in [6.45, 7) is 3.84. The van der Waals surface area contributed by atoms with E-state index in [1.807, 2.05) is 11.8 Å². The summed E-state index contributed by atoms with van der Waals surface area (Å²) >= 11 is 0. The molecule has 4 heteroatoms. The first-order valence-corrected chi connectivity index (χ1v) is 5.97. The molecule has 1 atom stereocenters. The molecule has 0 aromatic rings. The summed E-state index contributed by atoms with van der Waals surface area (Å²) in [4.78, 5) is 13.9. The average molecular weight is 211 g/mol. The van der Waals surface area contributed by atoms with Crippen LogP contribution in [0.2, 0.25) is 0 Å². The second-order valence-corrected chi connectivity index (χ2v) is 4.85. The van der Waals surface area contributed by atoms with Gasteiger partial charge in [-0.25, -0.2) is 0 Å². The van der Waals surface area contributed by atoms with Gasteiger partial charge in [0.15, 0.2) is 0 Å². The van der Waals surface area contributed by atoms with Gasteiger partial charge in [0.1, 0.15) is 0 Å². The third-order valence-electron chi connectivity index (χ3n) is 3.45. The predicted molar refractivity (Wildman–Crippen MR) is 59.4 cm³/mol. The van der Waals surface area contributed by atoms with E-state index in [9.17, 15) is 4.79 Å². The topological polar surface area (TPSA) is 58.4 Å². The largest absolute Gasteiger partial charge is 0.341 e. The molecule has 1 aliphatic heterocycles. The zero-order valence-electron chi connectivity index (χ0n) is 9.41. The molecule has 1 unspecified atom stereocenters. The molecule has 1 saturated heterocycles. The third kappa shape index (κ3) is 2.49. The van der Waals surface area contributed by atoms with Crippen molar-refractivity contribution in [3.05, 3.63) is 0 Å². The molecular weight excluding hydrogens is 190 g/mol. The van der Waals surface area contributed by atoms with Crippen LogP contribution in [0.4, 0.5) is 0 Å². The van der Waals surface area contributed by atoms with E-state index in [4.69, 9.17) is 5.73 Å². The number of hydrogen-bond donors (Lipinski definition) is 2. The zero-order valence-corrected chi connectivity index (χ0v) is 9.41. The third-order valence-corrected chi connectivity index (χ3v) is 3.45. The molecule has 4 nitrogen and oxygen atoms in total. The van der Waals surface area contributed by atoms with Gasteiger partial charge in [0.2, 0.25) is 5.91 Å². The van der Waals surface area contributed by atoms with Gasteiger partial charge in [-0.05, 0) is 32.6 Å². The van der Waals surface area contributed by atoms with Crippen molar-refractivity contribution in [1.82, 2.24) is 10.2 Å². The van der Waals surface area contributed by atoms with Gasteiger partial charge < -0.3 is 16.0 Å². The van der Waals surface area contributed by atoms with Gasteiger partial charge in [-0.3, -0.25) is 4.79 Å². The Kier molecular flexibility index (Phi) is 3.26. The number of carbonyl (C=O) groups is 1. The Hall–Kier alpha value is -0.610. The highest BCUT2D eigenvalue weighted by atomic mass is 16.2. The van der Waals surface area contributed by atoms with E-state index in [0.29, 0.717) is 12.1 Å². The molecule has 0 bridgehead atoms. The Morgan fingerprint density at radius 3 is 2.53 bits per heavy atom. The fourth-order valence-corrected chi connectivity index (χ4v) is 2.43. The summed E-state index contributed by atoms with van der Waals surface area (Å²) in [5.74, 6) is 0.257. The van der Waals surface area contributed by atoms with E-state index in [1.165, 1.54) is 0 Å². The highest BCUT2D eigenvalue weighted by molar-refractivity contribution is 5.81. The number of nitrogens with one attached hydrogen (secondary N) is 1. The molecule has 2 aliphatic rings. The highest BCUT2D eigenvalue weighted by Crippen LogP contribution is 2.18. The molecular formula is C11H21N3O. The minimum absolute atomic E-state index is 0.0411. The van der Waals surface area contributed by atoms with Crippen LogP contribution in [0.15, 0.2) is 0 Å². The monoisotopic (exact) mass is 211 g/mol. The second-order valence-electron chi connectivity index (χ2n) is 4.85. The molecule has 0 aromatic carbocycles. The fraction of sp³-hybridized carbons (Fsp3) is 0.909. The molecule has 0 radical (unpaired) electrons. The standard InChI is InChI=1S/C11H21N3O/c1-8(13-10-6-9(12)7-10)11(15)14-4-2-3-5-14/h8-10,13H,2-7,12H2,1H3. The lowest BCUT2D eigenvalue weighted by molar-refractivity contribution is -0.132. The number of likely N-dealkylation sites (tertiary alicyclic amines) is 1. The minimum atomic E-state index is -0.0411. The molecule has 2 fully saturated rings. The Bertz CT molecular complexity index is 232. The quantitative estimate of drug-likeness (QED) is 0.695. The summed E-state index contributed by atoms with van der Waals surface area (Å²) in [5.41, 5.74) is 5.71. The summed E-state index contributed by atoms with van der Waals surface area (Å²) in [5, 5.41) is 3.35. The van der Waals surface area contributed by atoms with Gasteiger partial charge in [-0.1, -0.05) is 0 Å². The van der Waals surface area contributed by atoms with Gasteiger partial charge in [0.25, 0.3) is 0 Å². The lowest BCUT2D eigenvalue weighted by Gasteiger charge is -2.35. The molecule has 86 valence electrons. The van der Waals surface area contributed by atoms with Gasteiger partial charge in [0.05, 0.1) is 6.04 Å². The zero-order chi connectivity index (χ0) is 10.8. The van der Waals surface area contributed by atoms with Crippen LogP contribution < -0.4 is 11.1 Å². The van der Waals surface area contributed by atoms with Crippen molar-refractivity contribution in [2.24, 2.45) is 5.73 Å². The number of amides is 1. The lowest BCUT2D eigenvalue weighted by Crippen LogP contribution is -2.54. The first-order chi connectivity index (χ1) is 7.16. The van der Waals surface area contributed by atoms with Crippen LogP contribution in [0.3, 0.4) is 0 Å². The number of hydrogen-bond acceptors (Lipinski definition) is 3. The maximum atomic E-state index is 11.9. The van der Waals surface area contributed by atoms with Crippen LogP contribution >= 0.6 is 0 Å². The Labute approximate surface area is 91.2 Å². The molecule has 1 heterocycles. The van der Waals surface area contributed by atoms with E-state index in [0.717, 1.165) is 38.8 Å². The van der Waals surface area contributed by atoms with Crippen LogP contribution in [-0.4, -0.2) is 42.0 Å². The van der Waals surface area contributed by atoms with Crippen molar-refractivity contribution in [2.75, 3.05) is 13.1 Å². The summed E-state index contributed by atoms with van der Waals surface area (Å²) in [6.07, 6.45) is 4.34. The molecule has 1 aliphatic carbocycles. The van der Waals surface area contributed by atoms with Crippen molar-refractivity contribution >= 4 is 5.91 Å². The van der Waals surface area contributed by atoms with Crippen LogP contribution in [-0.2, 0) is 4.79 Å². The normalized spacial score (nSPS) is 32.5. The molecule has 1 saturated carbocycles. The number of carbonyl (C=O) groups excluding carboxylic acids is 1. The Morgan fingerprint density at radius 2 is 2.00 bits per heavy atom. The Morgan fingerprint density at radius 1 is 1.40 bits per heavy atom. The van der Waals surface area contributed by atoms with Crippen LogP contribution in [0, 0.1) is 0 Å². The number of rotatable bonds is 3. The van der Waals surface area contributed by atoms with Crippen molar-refractivity contribution in [3.8, 4) is 0 Å². The van der Waals surface area contributed by atoms with Crippen molar-refractivity contribution < 1.29 is 4.79 Å². The second kappa shape index (κ2) is 4.49. The molecule has 0 aromatic heterocycles. The van der Waals surface area contributed by atoms with E-state index in [-0.39, 0.29) is 11.9 Å². The molecule has 1 amide bonds. The highest BCUT2D eigenvalue weighted by Gasteiger charge is 2.30. The maximum Gasteiger partial charge on any atom is 0.239 e. The number of nitrogens with zero attached hydrogens (tertiary/aromatic N) is 1. The summed E-state index contributed by atoms with van der Waals surface area (Å²) < 4.78 is 0. The smallest absolute Gasteiger partial charge is 0.239 e. The Balaban J connectivity index is 1.74. The first kappa shape index (κ1) is 10.9. The first-order valence-electron chi connectivity index (χ1n) is 5.97. The lowest BCUT2D eigenvalue weighted by atomic mass is 9.87. The molecule has 3 N–H and O–H groups in total. The summed E-state index contributed by atoms with van der Waals surface area (Å²) in [6, 6.07) is 0.763. The van der Waals surface area contributed by atoms with Gasteiger partial charge >= 0.3 is 0 Å². The van der Waals surface area contributed by atoms with Crippen molar-refractivity contribution in [2.45, 2.75) is 50.7 Å². The predicted octanol–water partition coefficient (Wildman–Crippen LogP) is 0.0766. The van der Waals surface area contributed by atoms with E-state index in [2.05, 4.69) is 5.32 Å². The van der Waals surface area contributed by atoms with E-state index < -0.39 is 0 Å². The van der Waals surface area contributed by atoms with E-state index >= 15 is 0 Å². The maximum absolute atomic E-state index is 11.9. The van der Waals surface area contributed by atoms with Crippen molar-refractivity contribution in [1.29, 1.82) is 0 Å². The molecule has 15 heavy (non-hydrogen) atoms.